The molecule has 2 aromatic rings. The van der Waals surface area contributed by atoms with Crippen molar-refractivity contribution in [3.8, 4) is 5.75 Å². The third-order valence-corrected chi connectivity index (χ3v) is 3.18. The molecule has 0 saturated carbocycles. The van der Waals surface area contributed by atoms with E-state index in [0.29, 0.717) is 44.0 Å². The van der Waals surface area contributed by atoms with Crippen molar-refractivity contribution >= 4 is 5.91 Å². The Labute approximate surface area is 134 Å². The normalized spacial score (nSPS) is 10.5. The monoisotopic (exact) mass is 318 g/mol. The Kier molecular flexibility index (Phi) is 6.52. The first-order valence-electron chi connectivity index (χ1n) is 7.44. The lowest BCUT2D eigenvalue weighted by molar-refractivity contribution is 0.0948. The Morgan fingerprint density at radius 3 is 2.96 bits per heavy atom. The number of nitrogens with one attached hydrogen (secondary N) is 3. The van der Waals surface area contributed by atoms with Crippen LogP contribution in [0.2, 0.25) is 0 Å². The summed E-state index contributed by atoms with van der Waals surface area (Å²) < 4.78 is 5.23. The Hall–Kier alpha value is -2.45. The molecular formula is C15H22N6O2. The highest BCUT2D eigenvalue weighted by Crippen LogP contribution is 2.14. The number of rotatable bonds is 9. The third-order valence-electron chi connectivity index (χ3n) is 3.18. The summed E-state index contributed by atoms with van der Waals surface area (Å²) in [6.07, 6.45) is 4.03. The standard InChI is InChI=1S/C15H22N6O2/c1-23-13-6-12(9-17-5-3-16)21-14(7-13)15(22)19-4-2-11-8-18-10-20-11/h6-8,10,17H,2-5,9,16H2,1H3,(H,18,20)(H,19,22). The summed E-state index contributed by atoms with van der Waals surface area (Å²) in [5.41, 5.74) is 7.48. The summed E-state index contributed by atoms with van der Waals surface area (Å²) in [5.74, 6) is 0.367. The first-order chi connectivity index (χ1) is 11.2. The van der Waals surface area contributed by atoms with Gasteiger partial charge in [0, 0.05) is 56.6 Å². The van der Waals surface area contributed by atoms with E-state index in [2.05, 4.69) is 25.6 Å². The number of ether oxygens (including phenoxy) is 1. The highest BCUT2D eigenvalue weighted by Gasteiger charge is 2.11. The summed E-state index contributed by atoms with van der Waals surface area (Å²) in [7, 11) is 1.56. The van der Waals surface area contributed by atoms with Gasteiger partial charge < -0.3 is 26.1 Å². The number of aromatic amines is 1. The van der Waals surface area contributed by atoms with Gasteiger partial charge in [-0.3, -0.25) is 4.79 Å². The van der Waals surface area contributed by atoms with Gasteiger partial charge in [0.1, 0.15) is 11.4 Å². The van der Waals surface area contributed by atoms with Crippen LogP contribution in [0.5, 0.6) is 5.75 Å². The van der Waals surface area contributed by atoms with Gasteiger partial charge in [0.05, 0.1) is 19.1 Å². The minimum Gasteiger partial charge on any atom is -0.497 e. The van der Waals surface area contributed by atoms with Gasteiger partial charge in [-0.25, -0.2) is 9.97 Å². The molecule has 0 aliphatic rings. The second-order valence-corrected chi connectivity index (χ2v) is 4.93. The fourth-order valence-electron chi connectivity index (χ4n) is 2.03. The molecule has 5 N–H and O–H groups in total. The molecule has 0 unspecified atom stereocenters. The average molecular weight is 318 g/mol. The summed E-state index contributed by atoms with van der Waals surface area (Å²) in [5, 5.41) is 5.98. The molecule has 0 spiro atoms. The lowest BCUT2D eigenvalue weighted by Gasteiger charge is -2.09. The summed E-state index contributed by atoms with van der Waals surface area (Å²) in [6.45, 7) is 2.26. The zero-order valence-corrected chi connectivity index (χ0v) is 13.1. The van der Waals surface area contributed by atoms with E-state index in [9.17, 15) is 4.79 Å². The van der Waals surface area contributed by atoms with Gasteiger partial charge in [-0.05, 0) is 0 Å². The summed E-state index contributed by atoms with van der Waals surface area (Å²) in [4.78, 5) is 23.5. The van der Waals surface area contributed by atoms with Crippen LogP contribution in [0.15, 0.2) is 24.7 Å². The molecule has 0 fully saturated rings. The SMILES string of the molecule is COc1cc(CNCCN)nc(C(=O)NCCc2cnc[nH]2)c1. The van der Waals surface area contributed by atoms with E-state index in [1.54, 1.807) is 31.8 Å². The van der Waals surface area contributed by atoms with E-state index in [1.807, 2.05) is 0 Å². The van der Waals surface area contributed by atoms with Gasteiger partial charge in [0.15, 0.2) is 0 Å². The zero-order chi connectivity index (χ0) is 16.5. The second kappa shape index (κ2) is 8.86. The Balaban J connectivity index is 1.95. The molecule has 0 bridgehead atoms. The maximum Gasteiger partial charge on any atom is 0.270 e. The van der Waals surface area contributed by atoms with Crippen molar-refractivity contribution in [3.63, 3.8) is 0 Å². The van der Waals surface area contributed by atoms with Crippen LogP contribution in [0.25, 0.3) is 0 Å². The molecule has 23 heavy (non-hydrogen) atoms. The number of methoxy groups -OCH3 is 1. The minimum absolute atomic E-state index is 0.233. The molecule has 0 aliphatic heterocycles. The predicted molar refractivity (Wildman–Crippen MR) is 86.2 cm³/mol. The number of carbonyl (C=O) groups is 1. The van der Waals surface area contributed by atoms with Crippen molar-refractivity contribution in [2.45, 2.75) is 13.0 Å². The Morgan fingerprint density at radius 1 is 1.39 bits per heavy atom. The van der Waals surface area contributed by atoms with Crippen molar-refractivity contribution in [3.05, 3.63) is 41.7 Å². The van der Waals surface area contributed by atoms with Crippen LogP contribution in [0.4, 0.5) is 0 Å². The predicted octanol–water partition coefficient (Wildman–Crippen LogP) is -0.166. The van der Waals surface area contributed by atoms with E-state index in [4.69, 9.17) is 10.5 Å². The topological polar surface area (TPSA) is 118 Å². The van der Waals surface area contributed by atoms with Crippen molar-refractivity contribution in [2.75, 3.05) is 26.7 Å². The van der Waals surface area contributed by atoms with Crippen molar-refractivity contribution in [1.29, 1.82) is 0 Å². The maximum atomic E-state index is 12.2. The molecule has 0 atom stereocenters. The van der Waals surface area contributed by atoms with E-state index >= 15 is 0 Å². The number of H-pyrrole nitrogens is 1. The smallest absolute Gasteiger partial charge is 0.270 e. The molecule has 124 valence electrons. The van der Waals surface area contributed by atoms with Crippen LogP contribution in [0.3, 0.4) is 0 Å². The number of nitrogens with zero attached hydrogens (tertiary/aromatic N) is 2. The number of hydrogen-bond donors (Lipinski definition) is 4. The van der Waals surface area contributed by atoms with Gasteiger partial charge in [-0.15, -0.1) is 0 Å². The molecule has 2 heterocycles. The molecule has 0 aliphatic carbocycles. The fourth-order valence-corrected chi connectivity index (χ4v) is 2.03. The fraction of sp³-hybridized carbons (Fsp3) is 0.400. The number of nitrogens with two attached hydrogens (primary N) is 1. The van der Waals surface area contributed by atoms with Gasteiger partial charge in [0.2, 0.25) is 0 Å². The largest absolute Gasteiger partial charge is 0.497 e. The van der Waals surface area contributed by atoms with Crippen LogP contribution in [0, 0.1) is 0 Å². The van der Waals surface area contributed by atoms with Crippen LogP contribution in [-0.4, -0.2) is 47.6 Å². The maximum absolute atomic E-state index is 12.2. The van der Waals surface area contributed by atoms with Gasteiger partial charge >= 0.3 is 0 Å². The number of aromatic nitrogens is 3. The minimum atomic E-state index is -0.233. The summed E-state index contributed by atoms with van der Waals surface area (Å²) in [6, 6.07) is 3.42. The van der Waals surface area contributed by atoms with Crippen LogP contribution in [0.1, 0.15) is 21.9 Å². The third kappa shape index (κ3) is 5.35. The number of hydrogen-bond acceptors (Lipinski definition) is 6. The second-order valence-electron chi connectivity index (χ2n) is 4.93. The van der Waals surface area contributed by atoms with Gasteiger partial charge in [-0.2, -0.15) is 0 Å². The number of amides is 1. The number of carbonyl (C=O) groups excluding carboxylic acids is 1. The Bertz CT molecular complexity index is 614. The molecule has 0 radical (unpaired) electrons. The highest BCUT2D eigenvalue weighted by atomic mass is 16.5. The van der Waals surface area contributed by atoms with Gasteiger partial charge in [-0.1, -0.05) is 0 Å². The van der Waals surface area contributed by atoms with Crippen molar-refractivity contribution in [1.82, 2.24) is 25.6 Å². The molecule has 1 amide bonds. The van der Waals surface area contributed by atoms with E-state index in [-0.39, 0.29) is 5.91 Å². The first kappa shape index (κ1) is 16.9. The summed E-state index contributed by atoms with van der Waals surface area (Å²) >= 11 is 0. The Morgan fingerprint density at radius 2 is 2.26 bits per heavy atom. The molecule has 8 heteroatoms. The molecule has 0 aromatic carbocycles. The van der Waals surface area contributed by atoms with Crippen LogP contribution < -0.4 is 21.1 Å². The van der Waals surface area contributed by atoms with Gasteiger partial charge in [0.25, 0.3) is 5.91 Å². The average Bonchev–Trinajstić information content (AvgIpc) is 3.08. The lowest BCUT2D eigenvalue weighted by Crippen LogP contribution is -2.27. The quantitative estimate of drug-likeness (QED) is 0.477. The van der Waals surface area contributed by atoms with E-state index in [0.717, 1.165) is 11.4 Å². The van der Waals surface area contributed by atoms with Crippen LogP contribution >= 0.6 is 0 Å². The molecule has 8 nitrogen and oxygen atoms in total. The molecular weight excluding hydrogens is 296 g/mol. The molecule has 2 aromatic heterocycles. The van der Waals surface area contributed by atoms with E-state index < -0.39 is 0 Å². The van der Waals surface area contributed by atoms with Crippen molar-refractivity contribution < 1.29 is 9.53 Å². The van der Waals surface area contributed by atoms with E-state index in [1.165, 1.54) is 0 Å². The lowest BCUT2D eigenvalue weighted by atomic mass is 10.2. The van der Waals surface area contributed by atoms with Crippen LogP contribution in [-0.2, 0) is 13.0 Å². The number of imidazole rings is 1. The first-order valence-corrected chi connectivity index (χ1v) is 7.44. The number of pyridine rings is 1. The van der Waals surface area contributed by atoms with Crippen molar-refractivity contribution in [2.24, 2.45) is 5.73 Å². The highest BCUT2D eigenvalue weighted by molar-refractivity contribution is 5.92. The molecule has 2 rings (SSSR count). The zero-order valence-electron chi connectivity index (χ0n) is 13.1. The molecule has 0 saturated heterocycles.